The zero-order valence-corrected chi connectivity index (χ0v) is 9.95. The molecule has 1 amide bonds. The lowest BCUT2D eigenvalue weighted by molar-refractivity contribution is 0.102. The number of nitrogen functional groups attached to an aromatic ring is 1. The summed E-state index contributed by atoms with van der Waals surface area (Å²) in [4.78, 5) is 11.8. The van der Waals surface area contributed by atoms with E-state index in [-0.39, 0.29) is 17.1 Å². The first-order valence-corrected chi connectivity index (χ1v) is 5.43. The minimum Gasteiger partial charge on any atom is -0.508 e. The normalized spacial score (nSPS) is 10.3. The van der Waals surface area contributed by atoms with Crippen molar-refractivity contribution in [2.24, 2.45) is 0 Å². The van der Waals surface area contributed by atoms with E-state index in [9.17, 15) is 18.0 Å². The Kier molecular flexibility index (Phi) is 3.51. The lowest BCUT2D eigenvalue weighted by Gasteiger charge is -2.09. The fourth-order valence-electron chi connectivity index (χ4n) is 1.55. The second-order valence-corrected chi connectivity index (χ2v) is 3.95. The van der Waals surface area contributed by atoms with Crippen molar-refractivity contribution in [3.63, 3.8) is 0 Å². The number of amides is 1. The Morgan fingerprint density at radius 1 is 1.10 bits per heavy atom. The summed E-state index contributed by atoms with van der Waals surface area (Å²) in [6.45, 7) is 0. The topological polar surface area (TPSA) is 75.3 Å². The number of nitrogens with one attached hydrogen (secondary N) is 1. The number of carbonyl (C=O) groups is 1. The van der Waals surface area contributed by atoms with Crippen molar-refractivity contribution in [1.29, 1.82) is 0 Å². The molecule has 2 aromatic carbocycles. The van der Waals surface area contributed by atoms with Crippen LogP contribution in [0.3, 0.4) is 0 Å². The highest BCUT2D eigenvalue weighted by atomic mass is 19.2. The molecule has 4 N–H and O–H groups in total. The average molecular weight is 282 g/mol. The number of carbonyl (C=O) groups excluding carboxylic acids is 1. The maximum atomic E-state index is 13.4. The molecule has 7 heteroatoms. The van der Waals surface area contributed by atoms with Crippen molar-refractivity contribution in [1.82, 2.24) is 0 Å². The van der Waals surface area contributed by atoms with Gasteiger partial charge in [-0.25, -0.2) is 13.2 Å². The van der Waals surface area contributed by atoms with Crippen LogP contribution in [-0.2, 0) is 0 Å². The monoisotopic (exact) mass is 282 g/mol. The van der Waals surface area contributed by atoms with Crippen LogP contribution in [0.5, 0.6) is 5.75 Å². The Bertz CT molecular complexity index is 690. The van der Waals surface area contributed by atoms with E-state index in [2.05, 4.69) is 5.32 Å². The number of aromatic hydroxyl groups is 1. The van der Waals surface area contributed by atoms with Crippen LogP contribution in [0.15, 0.2) is 30.3 Å². The molecule has 0 saturated heterocycles. The molecule has 0 aromatic heterocycles. The van der Waals surface area contributed by atoms with E-state index in [1.807, 2.05) is 0 Å². The first-order valence-electron chi connectivity index (χ1n) is 5.43. The first kappa shape index (κ1) is 13.7. The SMILES string of the molecule is Nc1cc(O)ccc1NC(=O)c1ccc(F)c(F)c1F. The van der Waals surface area contributed by atoms with Crippen LogP contribution in [0.4, 0.5) is 24.5 Å². The molecular weight excluding hydrogens is 273 g/mol. The van der Waals surface area contributed by atoms with Gasteiger partial charge in [-0.2, -0.15) is 0 Å². The van der Waals surface area contributed by atoms with E-state index in [1.165, 1.54) is 18.2 Å². The van der Waals surface area contributed by atoms with E-state index in [0.29, 0.717) is 6.07 Å². The summed E-state index contributed by atoms with van der Waals surface area (Å²) >= 11 is 0. The summed E-state index contributed by atoms with van der Waals surface area (Å²) in [5.41, 5.74) is 5.03. The number of nitrogens with two attached hydrogens (primary N) is 1. The first-order chi connectivity index (χ1) is 9.40. The number of phenols is 1. The van der Waals surface area contributed by atoms with Crippen molar-refractivity contribution in [2.45, 2.75) is 0 Å². The van der Waals surface area contributed by atoms with Gasteiger partial charge in [-0.15, -0.1) is 0 Å². The van der Waals surface area contributed by atoms with Crippen molar-refractivity contribution < 1.29 is 23.1 Å². The van der Waals surface area contributed by atoms with E-state index in [0.717, 1.165) is 6.07 Å². The molecule has 4 nitrogen and oxygen atoms in total. The van der Waals surface area contributed by atoms with Gasteiger partial charge in [-0.1, -0.05) is 0 Å². The Morgan fingerprint density at radius 2 is 1.80 bits per heavy atom. The Morgan fingerprint density at radius 3 is 2.45 bits per heavy atom. The van der Waals surface area contributed by atoms with Crippen LogP contribution in [0.2, 0.25) is 0 Å². The average Bonchev–Trinajstić information content (AvgIpc) is 2.39. The van der Waals surface area contributed by atoms with Crippen LogP contribution in [0, 0.1) is 17.5 Å². The molecule has 20 heavy (non-hydrogen) atoms. The predicted molar refractivity (Wildman–Crippen MR) is 66.8 cm³/mol. The lowest BCUT2D eigenvalue weighted by Crippen LogP contribution is -2.16. The van der Waals surface area contributed by atoms with E-state index >= 15 is 0 Å². The standard InChI is InChI=1S/C13H9F3N2O2/c14-8-3-2-7(11(15)12(8)16)13(20)18-10-4-1-6(19)5-9(10)17/h1-5,19H,17H2,(H,18,20). The van der Waals surface area contributed by atoms with Crippen LogP contribution < -0.4 is 11.1 Å². The molecule has 2 aromatic rings. The lowest BCUT2D eigenvalue weighted by atomic mass is 10.1. The van der Waals surface area contributed by atoms with Gasteiger partial charge >= 0.3 is 0 Å². The predicted octanol–water partition coefficient (Wildman–Crippen LogP) is 2.64. The highest BCUT2D eigenvalue weighted by molar-refractivity contribution is 6.06. The molecule has 0 bridgehead atoms. The molecule has 0 atom stereocenters. The Hall–Kier alpha value is -2.70. The van der Waals surface area contributed by atoms with Gasteiger partial charge in [0.1, 0.15) is 5.75 Å². The number of hydrogen-bond donors (Lipinski definition) is 3. The van der Waals surface area contributed by atoms with E-state index < -0.39 is 28.9 Å². The fraction of sp³-hybridized carbons (Fsp3) is 0. The molecular formula is C13H9F3N2O2. The van der Waals surface area contributed by atoms with Crippen molar-refractivity contribution in [3.05, 3.63) is 53.3 Å². The molecule has 0 fully saturated rings. The molecule has 0 aliphatic heterocycles. The third-order valence-electron chi connectivity index (χ3n) is 2.56. The van der Waals surface area contributed by atoms with Gasteiger partial charge in [0.25, 0.3) is 5.91 Å². The number of benzene rings is 2. The number of rotatable bonds is 2. The highest BCUT2D eigenvalue weighted by Gasteiger charge is 2.19. The van der Waals surface area contributed by atoms with Gasteiger partial charge in [-0.3, -0.25) is 4.79 Å². The fourth-order valence-corrected chi connectivity index (χ4v) is 1.55. The largest absolute Gasteiger partial charge is 0.508 e. The van der Waals surface area contributed by atoms with Crippen molar-refractivity contribution in [3.8, 4) is 5.75 Å². The molecule has 0 unspecified atom stereocenters. The molecule has 104 valence electrons. The smallest absolute Gasteiger partial charge is 0.258 e. The summed E-state index contributed by atoms with van der Waals surface area (Å²) < 4.78 is 39.2. The Balaban J connectivity index is 2.31. The number of halogens is 3. The third-order valence-corrected chi connectivity index (χ3v) is 2.56. The molecule has 0 saturated carbocycles. The Labute approximate surface area is 111 Å². The van der Waals surface area contributed by atoms with Crippen LogP contribution in [0.25, 0.3) is 0 Å². The molecule has 0 aliphatic rings. The molecule has 0 heterocycles. The zero-order chi connectivity index (χ0) is 14.9. The second kappa shape index (κ2) is 5.12. The summed E-state index contributed by atoms with van der Waals surface area (Å²) in [5.74, 6) is -5.79. The summed E-state index contributed by atoms with van der Waals surface area (Å²) in [6, 6.07) is 5.19. The second-order valence-electron chi connectivity index (χ2n) is 3.95. The minimum absolute atomic E-state index is 0.0429. The number of anilines is 2. The quantitative estimate of drug-likeness (QED) is 0.450. The van der Waals surface area contributed by atoms with Gasteiger partial charge in [0.05, 0.1) is 16.9 Å². The van der Waals surface area contributed by atoms with Gasteiger partial charge in [0.15, 0.2) is 17.5 Å². The third kappa shape index (κ3) is 2.51. The molecule has 0 aliphatic carbocycles. The van der Waals surface area contributed by atoms with Gasteiger partial charge in [-0.05, 0) is 24.3 Å². The molecule has 0 spiro atoms. The molecule has 0 radical (unpaired) electrons. The summed E-state index contributed by atoms with van der Waals surface area (Å²) in [7, 11) is 0. The zero-order valence-electron chi connectivity index (χ0n) is 9.95. The number of hydrogen-bond acceptors (Lipinski definition) is 3. The van der Waals surface area contributed by atoms with Gasteiger partial charge in [0, 0.05) is 6.07 Å². The van der Waals surface area contributed by atoms with E-state index in [4.69, 9.17) is 10.8 Å². The number of phenolic OH excluding ortho intramolecular Hbond substituents is 1. The van der Waals surface area contributed by atoms with Crippen molar-refractivity contribution >= 4 is 17.3 Å². The summed E-state index contributed by atoms with van der Waals surface area (Å²) in [5, 5.41) is 11.4. The summed E-state index contributed by atoms with van der Waals surface area (Å²) in [6.07, 6.45) is 0. The molecule has 2 rings (SSSR count). The van der Waals surface area contributed by atoms with Crippen LogP contribution in [-0.4, -0.2) is 11.0 Å². The van der Waals surface area contributed by atoms with Gasteiger partial charge in [0.2, 0.25) is 0 Å². The maximum Gasteiger partial charge on any atom is 0.258 e. The van der Waals surface area contributed by atoms with Gasteiger partial charge < -0.3 is 16.2 Å². The van der Waals surface area contributed by atoms with Crippen LogP contribution >= 0.6 is 0 Å². The highest BCUT2D eigenvalue weighted by Crippen LogP contribution is 2.24. The van der Waals surface area contributed by atoms with E-state index in [1.54, 1.807) is 0 Å². The van der Waals surface area contributed by atoms with Crippen LogP contribution in [0.1, 0.15) is 10.4 Å². The van der Waals surface area contributed by atoms with Crippen molar-refractivity contribution in [2.75, 3.05) is 11.1 Å². The maximum absolute atomic E-state index is 13.4. The minimum atomic E-state index is -1.73.